The number of carbonyl (C=O) groups excluding carboxylic acids is 1. The topological polar surface area (TPSA) is 70.2 Å². The molecule has 0 bridgehead atoms. The standard InChI is InChI=1S/C10H5F2NO3/c11-6-1-4-5(9(14)10(15)16)3-13-8(4)2-7(6)12/h1-3,13H,(H,15,16). The molecule has 1 aromatic heterocycles. The van der Waals surface area contributed by atoms with Crippen molar-refractivity contribution in [2.24, 2.45) is 0 Å². The molecule has 4 nitrogen and oxygen atoms in total. The highest BCUT2D eigenvalue weighted by molar-refractivity contribution is 6.42. The Balaban J connectivity index is 2.69. The van der Waals surface area contributed by atoms with Gasteiger partial charge >= 0.3 is 5.97 Å². The summed E-state index contributed by atoms with van der Waals surface area (Å²) in [6.45, 7) is 0. The van der Waals surface area contributed by atoms with Gasteiger partial charge in [0.05, 0.1) is 5.56 Å². The van der Waals surface area contributed by atoms with E-state index in [9.17, 15) is 18.4 Å². The van der Waals surface area contributed by atoms with Crippen molar-refractivity contribution in [3.8, 4) is 0 Å². The fourth-order valence-electron chi connectivity index (χ4n) is 1.42. The number of benzene rings is 1. The zero-order chi connectivity index (χ0) is 11.9. The number of nitrogens with one attached hydrogen (secondary N) is 1. The van der Waals surface area contributed by atoms with Crippen molar-refractivity contribution in [3.05, 3.63) is 35.5 Å². The van der Waals surface area contributed by atoms with Crippen molar-refractivity contribution >= 4 is 22.7 Å². The number of hydrogen-bond donors (Lipinski definition) is 2. The second-order valence-electron chi connectivity index (χ2n) is 3.15. The molecule has 82 valence electrons. The van der Waals surface area contributed by atoms with Crippen molar-refractivity contribution < 1.29 is 23.5 Å². The molecule has 0 atom stereocenters. The van der Waals surface area contributed by atoms with Gasteiger partial charge in [0.15, 0.2) is 11.6 Å². The van der Waals surface area contributed by atoms with Crippen LogP contribution in [0.4, 0.5) is 8.78 Å². The van der Waals surface area contributed by atoms with Gasteiger partial charge in [0.2, 0.25) is 0 Å². The van der Waals surface area contributed by atoms with Crippen LogP contribution in [0.25, 0.3) is 10.9 Å². The number of hydrogen-bond acceptors (Lipinski definition) is 2. The summed E-state index contributed by atoms with van der Waals surface area (Å²) in [7, 11) is 0. The van der Waals surface area contributed by atoms with Gasteiger partial charge in [-0.05, 0) is 6.07 Å². The van der Waals surface area contributed by atoms with E-state index < -0.39 is 23.4 Å². The molecule has 0 aliphatic carbocycles. The molecule has 0 radical (unpaired) electrons. The van der Waals surface area contributed by atoms with Crippen LogP contribution in [0.2, 0.25) is 0 Å². The molecule has 0 aliphatic rings. The molecule has 0 aliphatic heterocycles. The highest BCUT2D eigenvalue weighted by atomic mass is 19.2. The smallest absolute Gasteiger partial charge is 0.377 e. The Morgan fingerprint density at radius 2 is 1.81 bits per heavy atom. The molecule has 16 heavy (non-hydrogen) atoms. The Morgan fingerprint density at radius 3 is 2.44 bits per heavy atom. The molecule has 6 heteroatoms. The Morgan fingerprint density at radius 1 is 1.19 bits per heavy atom. The number of carboxylic acid groups (broad SMARTS) is 1. The van der Waals surface area contributed by atoms with E-state index in [1.54, 1.807) is 0 Å². The number of carboxylic acids is 1. The molecular weight excluding hydrogens is 220 g/mol. The number of aromatic nitrogens is 1. The zero-order valence-electron chi connectivity index (χ0n) is 7.75. The molecule has 2 aromatic rings. The molecule has 2 N–H and O–H groups in total. The van der Waals surface area contributed by atoms with Crippen molar-refractivity contribution in [2.75, 3.05) is 0 Å². The summed E-state index contributed by atoms with van der Waals surface area (Å²) in [5, 5.41) is 8.55. The summed E-state index contributed by atoms with van der Waals surface area (Å²) in [4.78, 5) is 24.1. The first-order valence-electron chi connectivity index (χ1n) is 4.24. The molecule has 0 unspecified atom stereocenters. The lowest BCUT2D eigenvalue weighted by molar-refractivity contribution is -0.131. The Labute approximate surface area is 87.5 Å². The van der Waals surface area contributed by atoms with Crippen molar-refractivity contribution in [1.29, 1.82) is 0 Å². The van der Waals surface area contributed by atoms with Gasteiger partial charge in [-0.3, -0.25) is 4.79 Å². The van der Waals surface area contributed by atoms with Crippen LogP contribution in [-0.2, 0) is 4.79 Å². The predicted molar refractivity (Wildman–Crippen MR) is 50.2 cm³/mol. The third kappa shape index (κ3) is 1.44. The molecule has 0 amide bonds. The van der Waals surface area contributed by atoms with E-state index in [1.807, 2.05) is 0 Å². The highest BCUT2D eigenvalue weighted by Gasteiger charge is 2.19. The molecule has 2 rings (SSSR count). The summed E-state index contributed by atoms with van der Waals surface area (Å²) in [6, 6.07) is 1.65. The van der Waals surface area contributed by atoms with E-state index in [0.717, 1.165) is 18.3 Å². The summed E-state index contributed by atoms with van der Waals surface area (Å²) in [5.41, 5.74) is -0.0232. The van der Waals surface area contributed by atoms with Crippen LogP contribution in [0.5, 0.6) is 0 Å². The van der Waals surface area contributed by atoms with E-state index in [1.165, 1.54) is 0 Å². The highest BCUT2D eigenvalue weighted by Crippen LogP contribution is 2.21. The fraction of sp³-hybridized carbons (Fsp3) is 0. The average Bonchev–Trinajstić information content (AvgIpc) is 2.60. The summed E-state index contributed by atoms with van der Waals surface area (Å²) in [6.07, 6.45) is 1.11. The number of Topliss-reactive ketones (excluding diaryl/α,β-unsaturated/α-hetero) is 1. The number of ketones is 1. The first-order chi connectivity index (χ1) is 7.50. The van der Waals surface area contributed by atoms with Gasteiger partial charge in [-0.15, -0.1) is 0 Å². The lowest BCUT2D eigenvalue weighted by Gasteiger charge is -1.95. The largest absolute Gasteiger partial charge is 0.475 e. The van der Waals surface area contributed by atoms with Crippen LogP contribution in [0.1, 0.15) is 10.4 Å². The quantitative estimate of drug-likeness (QED) is 0.603. The molecule has 1 heterocycles. The third-order valence-electron chi connectivity index (χ3n) is 2.16. The number of H-pyrrole nitrogens is 1. The minimum Gasteiger partial charge on any atom is -0.475 e. The Hall–Kier alpha value is -2.24. The minimum atomic E-state index is -1.65. The van der Waals surface area contributed by atoms with Crippen LogP contribution in [0, 0.1) is 11.6 Å². The third-order valence-corrected chi connectivity index (χ3v) is 2.16. The Kier molecular flexibility index (Phi) is 2.19. The van der Waals surface area contributed by atoms with Gasteiger partial charge < -0.3 is 10.1 Å². The first-order valence-corrected chi connectivity index (χ1v) is 4.24. The second-order valence-corrected chi connectivity index (χ2v) is 3.15. The minimum absolute atomic E-state index is 0.0475. The molecule has 1 aromatic carbocycles. The summed E-state index contributed by atoms with van der Waals surface area (Å²) >= 11 is 0. The molecule has 0 saturated heterocycles. The number of aromatic amines is 1. The maximum atomic E-state index is 12.9. The van der Waals surface area contributed by atoms with Crippen LogP contribution in [0.15, 0.2) is 18.3 Å². The van der Waals surface area contributed by atoms with Crippen molar-refractivity contribution in [1.82, 2.24) is 4.98 Å². The number of rotatable bonds is 2. The van der Waals surface area contributed by atoms with Crippen molar-refractivity contribution in [2.45, 2.75) is 0 Å². The van der Waals surface area contributed by atoms with E-state index >= 15 is 0 Å². The van der Waals surface area contributed by atoms with Crippen LogP contribution in [-0.4, -0.2) is 21.8 Å². The van der Waals surface area contributed by atoms with Crippen molar-refractivity contribution in [3.63, 3.8) is 0 Å². The van der Waals surface area contributed by atoms with Gasteiger partial charge in [-0.1, -0.05) is 0 Å². The zero-order valence-corrected chi connectivity index (χ0v) is 7.75. The van der Waals surface area contributed by atoms with Crippen LogP contribution in [0.3, 0.4) is 0 Å². The van der Waals surface area contributed by atoms with Gasteiger partial charge in [0.1, 0.15) is 0 Å². The average molecular weight is 225 g/mol. The summed E-state index contributed by atoms with van der Waals surface area (Å²) < 4.78 is 25.7. The predicted octanol–water partition coefficient (Wildman–Crippen LogP) is 1.71. The van der Waals surface area contributed by atoms with E-state index in [-0.39, 0.29) is 16.5 Å². The lowest BCUT2D eigenvalue weighted by Crippen LogP contribution is -2.11. The maximum absolute atomic E-state index is 12.9. The maximum Gasteiger partial charge on any atom is 0.377 e. The lowest BCUT2D eigenvalue weighted by atomic mass is 10.1. The van der Waals surface area contributed by atoms with Crippen LogP contribution < -0.4 is 0 Å². The second kappa shape index (κ2) is 3.41. The first kappa shape index (κ1) is 10.3. The molecule has 0 saturated carbocycles. The molecular formula is C10H5F2NO3. The number of halogens is 2. The summed E-state index contributed by atoms with van der Waals surface area (Å²) in [5.74, 6) is -5.02. The molecule has 0 fully saturated rings. The van der Waals surface area contributed by atoms with Gasteiger partial charge in [0.25, 0.3) is 5.78 Å². The fourth-order valence-corrected chi connectivity index (χ4v) is 1.42. The number of carbonyl (C=O) groups is 2. The monoisotopic (exact) mass is 225 g/mol. The van der Waals surface area contributed by atoms with Crippen LogP contribution >= 0.6 is 0 Å². The van der Waals surface area contributed by atoms with E-state index in [0.29, 0.717) is 0 Å². The number of fused-ring (bicyclic) bond motifs is 1. The normalized spacial score (nSPS) is 10.6. The van der Waals surface area contributed by atoms with E-state index in [4.69, 9.17) is 5.11 Å². The number of aliphatic carboxylic acids is 1. The van der Waals surface area contributed by atoms with Gasteiger partial charge in [0, 0.05) is 23.2 Å². The van der Waals surface area contributed by atoms with E-state index in [2.05, 4.69) is 4.98 Å². The van der Waals surface area contributed by atoms with Gasteiger partial charge in [-0.2, -0.15) is 0 Å². The molecule has 0 spiro atoms. The van der Waals surface area contributed by atoms with Gasteiger partial charge in [-0.25, -0.2) is 13.6 Å². The SMILES string of the molecule is O=C(O)C(=O)c1c[nH]c2cc(F)c(F)cc12. The Bertz CT molecular complexity index is 603.